The van der Waals surface area contributed by atoms with Gasteiger partial charge in [0.15, 0.2) is 0 Å². The molecule has 0 aromatic heterocycles. The lowest BCUT2D eigenvalue weighted by Gasteiger charge is -2.07. The summed E-state index contributed by atoms with van der Waals surface area (Å²) < 4.78 is 6.09. The highest BCUT2D eigenvalue weighted by Gasteiger charge is 2.04. The van der Waals surface area contributed by atoms with Crippen LogP contribution in [0.2, 0.25) is 0 Å². The van der Waals surface area contributed by atoms with Crippen molar-refractivity contribution >= 4 is 29.5 Å². The Bertz CT molecular complexity index is 274. The van der Waals surface area contributed by atoms with Crippen molar-refractivity contribution < 1.29 is 9.53 Å². The molecule has 4 heteroatoms. The molecule has 0 aliphatic rings. The SMILES string of the molecule is CCOC(=O)/C=C(/C)C(C)=C(SC)SC. The maximum Gasteiger partial charge on any atom is 0.331 e. The van der Waals surface area contributed by atoms with Crippen LogP contribution in [0.5, 0.6) is 0 Å². The molecular weight excluding hydrogens is 228 g/mol. The summed E-state index contributed by atoms with van der Waals surface area (Å²) in [7, 11) is 0. The van der Waals surface area contributed by atoms with Gasteiger partial charge in [-0.3, -0.25) is 0 Å². The monoisotopic (exact) mass is 246 g/mol. The molecule has 0 N–H and O–H groups in total. The molecule has 0 saturated heterocycles. The van der Waals surface area contributed by atoms with Crippen molar-refractivity contribution in [3.05, 3.63) is 21.5 Å². The van der Waals surface area contributed by atoms with E-state index in [-0.39, 0.29) is 5.97 Å². The van der Waals surface area contributed by atoms with Gasteiger partial charge in [0, 0.05) is 10.3 Å². The average Bonchev–Trinajstić information content (AvgIpc) is 2.19. The topological polar surface area (TPSA) is 26.3 Å². The first-order valence-corrected chi connectivity index (χ1v) is 7.16. The van der Waals surface area contributed by atoms with E-state index in [4.69, 9.17) is 4.74 Å². The Morgan fingerprint density at radius 3 is 2.20 bits per heavy atom. The van der Waals surface area contributed by atoms with Crippen LogP contribution >= 0.6 is 23.5 Å². The molecule has 0 amide bonds. The summed E-state index contributed by atoms with van der Waals surface area (Å²) in [4.78, 5) is 11.2. The summed E-state index contributed by atoms with van der Waals surface area (Å²) in [6, 6.07) is 0. The number of hydrogen-bond acceptors (Lipinski definition) is 4. The summed E-state index contributed by atoms with van der Waals surface area (Å²) in [5.74, 6) is -0.268. The second-order valence-electron chi connectivity index (χ2n) is 2.90. The molecule has 0 atom stereocenters. The zero-order chi connectivity index (χ0) is 11.8. The van der Waals surface area contributed by atoms with Crippen LogP contribution in [0.15, 0.2) is 21.5 Å². The van der Waals surface area contributed by atoms with Crippen LogP contribution in [-0.2, 0) is 9.53 Å². The fourth-order valence-electron chi connectivity index (χ4n) is 1.02. The Morgan fingerprint density at radius 2 is 1.80 bits per heavy atom. The van der Waals surface area contributed by atoms with Crippen LogP contribution in [0.3, 0.4) is 0 Å². The Hall–Kier alpha value is -0.350. The van der Waals surface area contributed by atoms with Crippen molar-refractivity contribution in [2.24, 2.45) is 0 Å². The van der Waals surface area contributed by atoms with Crippen LogP contribution in [0.1, 0.15) is 20.8 Å². The molecule has 0 radical (unpaired) electrons. The molecule has 86 valence electrons. The minimum atomic E-state index is -0.268. The molecule has 0 saturated carbocycles. The standard InChI is InChI=1S/C11H18O2S2/c1-6-13-10(12)7-8(2)9(3)11(14-4)15-5/h7H,6H2,1-5H3/b8-7-. The molecular formula is C11H18O2S2. The minimum Gasteiger partial charge on any atom is -0.463 e. The van der Waals surface area contributed by atoms with Crippen molar-refractivity contribution in [2.45, 2.75) is 20.8 Å². The van der Waals surface area contributed by atoms with Gasteiger partial charge in [-0.25, -0.2) is 4.79 Å². The number of carbonyl (C=O) groups excluding carboxylic acids is 1. The van der Waals surface area contributed by atoms with E-state index in [0.717, 1.165) is 11.1 Å². The molecule has 0 heterocycles. The van der Waals surface area contributed by atoms with Crippen molar-refractivity contribution in [2.75, 3.05) is 19.1 Å². The summed E-state index contributed by atoms with van der Waals surface area (Å²) in [5.41, 5.74) is 2.11. The molecule has 0 spiro atoms. The normalized spacial score (nSPS) is 11.1. The molecule has 0 bridgehead atoms. The number of hydrogen-bond donors (Lipinski definition) is 0. The predicted molar refractivity (Wildman–Crippen MR) is 70.1 cm³/mol. The Kier molecular flexibility index (Phi) is 7.70. The molecule has 0 fully saturated rings. The first-order valence-electron chi connectivity index (χ1n) is 4.71. The van der Waals surface area contributed by atoms with Crippen molar-refractivity contribution in [3.63, 3.8) is 0 Å². The highest BCUT2D eigenvalue weighted by atomic mass is 32.2. The summed E-state index contributed by atoms with van der Waals surface area (Å²) in [5, 5.41) is 0. The van der Waals surface area contributed by atoms with Gasteiger partial charge < -0.3 is 4.74 Å². The largest absolute Gasteiger partial charge is 0.463 e. The number of esters is 1. The third-order valence-electron chi connectivity index (χ3n) is 1.89. The summed E-state index contributed by atoms with van der Waals surface area (Å²) in [6.45, 7) is 6.17. The highest BCUT2D eigenvalue weighted by molar-refractivity contribution is 8.21. The number of ether oxygens (including phenoxy) is 1. The van der Waals surface area contributed by atoms with Gasteiger partial charge in [-0.2, -0.15) is 0 Å². The lowest BCUT2D eigenvalue weighted by Crippen LogP contribution is -2.01. The van der Waals surface area contributed by atoms with Gasteiger partial charge in [0.2, 0.25) is 0 Å². The number of carbonyl (C=O) groups is 1. The lowest BCUT2D eigenvalue weighted by atomic mass is 10.1. The molecule has 0 aromatic rings. The number of thioether (sulfide) groups is 2. The lowest BCUT2D eigenvalue weighted by molar-refractivity contribution is -0.137. The second-order valence-corrected chi connectivity index (χ2v) is 4.79. The van der Waals surface area contributed by atoms with Crippen molar-refractivity contribution in [1.82, 2.24) is 0 Å². The van der Waals surface area contributed by atoms with E-state index in [2.05, 4.69) is 0 Å². The predicted octanol–water partition coefficient (Wildman–Crippen LogP) is 3.45. The molecule has 0 aromatic carbocycles. The van der Waals surface area contributed by atoms with Crippen LogP contribution in [0.25, 0.3) is 0 Å². The molecule has 15 heavy (non-hydrogen) atoms. The van der Waals surface area contributed by atoms with E-state index in [1.54, 1.807) is 36.5 Å². The van der Waals surface area contributed by atoms with Gasteiger partial charge in [0.25, 0.3) is 0 Å². The van der Waals surface area contributed by atoms with E-state index in [1.165, 1.54) is 4.24 Å². The molecule has 0 aliphatic carbocycles. The smallest absolute Gasteiger partial charge is 0.331 e. The summed E-state index contributed by atoms with van der Waals surface area (Å²) >= 11 is 3.39. The maximum absolute atomic E-state index is 11.2. The molecule has 0 aliphatic heterocycles. The van der Waals surface area contributed by atoms with E-state index in [9.17, 15) is 4.79 Å². The third kappa shape index (κ3) is 5.33. The number of rotatable bonds is 5. The Balaban J connectivity index is 4.75. The summed E-state index contributed by atoms with van der Waals surface area (Å²) in [6.07, 6.45) is 5.62. The van der Waals surface area contributed by atoms with Crippen LogP contribution in [0.4, 0.5) is 0 Å². The molecule has 0 unspecified atom stereocenters. The van der Waals surface area contributed by atoms with E-state index in [0.29, 0.717) is 6.61 Å². The van der Waals surface area contributed by atoms with Crippen LogP contribution in [-0.4, -0.2) is 25.1 Å². The Labute approximate surface area is 101 Å². The Morgan fingerprint density at radius 1 is 1.27 bits per heavy atom. The molecule has 2 nitrogen and oxygen atoms in total. The third-order valence-corrected chi connectivity index (χ3v) is 4.24. The van der Waals surface area contributed by atoms with Gasteiger partial charge in [0.1, 0.15) is 0 Å². The fourth-order valence-corrected chi connectivity index (χ4v) is 2.62. The second kappa shape index (κ2) is 7.88. The van der Waals surface area contributed by atoms with Gasteiger partial charge in [-0.15, -0.1) is 23.5 Å². The minimum absolute atomic E-state index is 0.268. The van der Waals surface area contributed by atoms with Crippen LogP contribution in [0, 0.1) is 0 Å². The van der Waals surface area contributed by atoms with E-state index >= 15 is 0 Å². The van der Waals surface area contributed by atoms with Crippen molar-refractivity contribution in [1.29, 1.82) is 0 Å². The quantitative estimate of drug-likeness (QED) is 0.421. The average molecular weight is 246 g/mol. The zero-order valence-corrected chi connectivity index (χ0v) is 11.6. The van der Waals surface area contributed by atoms with Gasteiger partial charge in [-0.1, -0.05) is 0 Å². The number of allylic oxidation sites excluding steroid dienone is 2. The van der Waals surface area contributed by atoms with Gasteiger partial charge in [0.05, 0.1) is 6.61 Å². The van der Waals surface area contributed by atoms with Crippen LogP contribution < -0.4 is 0 Å². The molecule has 0 rings (SSSR count). The first-order chi connectivity index (χ1) is 7.06. The van der Waals surface area contributed by atoms with Crippen molar-refractivity contribution in [3.8, 4) is 0 Å². The first kappa shape index (κ1) is 14.6. The van der Waals surface area contributed by atoms with E-state index in [1.807, 2.05) is 26.4 Å². The fraction of sp³-hybridized carbons (Fsp3) is 0.545. The maximum atomic E-state index is 11.2. The van der Waals surface area contributed by atoms with Gasteiger partial charge >= 0.3 is 5.97 Å². The van der Waals surface area contributed by atoms with E-state index < -0.39 is 0 Å². The zero-order valence-electron chi connectivity index (χ0n) is 9.92. The van der Waals surface area contributed by atoms with Gasteiger partial charge in [-0.05, 0) is 44.4 Å². The highest BCUT2D eigenvalue weighted by Crippen LogP contribution is 2.30.